The van der Waals surface area contributed by atoms with Crippen LogP contribution in [0.2, 0.25) is 0 Å². The second kappa shape index (κ2) is 9.52. The molecule has 2 aromatic rings. The molecule has 2 aromatic carbocycles. The molecule has 2 fully saturated rings. The second-order valence-electron chi connectivity index (χ2n) is 8.39. The Hall–Kier alpha value is -3.30. The molecule has 3 amide bonds. The molecule has 0 radical (unpaired) electrons. The predicted octanol–water partition coefficient (Wildman–Crippen LogP) is 2.03. The molecule has 2 N–H and O–H groups in total. The summed E-state index contributed by atoms with van der Waals surface area (Å²) >= 11 is 0. The van der Waals surface area contributed by atoms with E-state index >= 15 is 4.39 Å². The van der Waals surface area contributed by atoms with Crippen molar-refractivity contribution in [3.8, 4) is 0 Å². The quantitative estimate of drug-likeness (QED) is 0.626. The lowest BCUT2D eigenvalue weighted by atomic mass is 10.0. The van der Waals surface area contributed by atoms with E-state index in [1.165, 1.54) is 4.90 Å². The molecule has 8 nitrogen and oxygen atoms in total. The highest BCUT2D eigenvalue weighted by Gasteiger charge is 2.39. The zero-order chi connectivity index (χ0) is 28.9. The second-order valence-corrected chi connectivity index (χ2v) is 8.39. The smallest absolute Gasteiger partial charge is 0.255 e. The minimum absolute atomic E-state index is 0.0193. The van der Waals surface area contributed by atoms with E-state index in [1.54, 1.807) is 0 Å². The van der Waals surface area contributed by atoms with Gasteiger partial charge in [0.15, 0.2) is 0 Å². The molecule has 5 rings (SSSR count). The molecule has 1 unspecified atom stereocenters. The van der Waals surface area contributed by atoms with Gasteiger partial charge in [0.1, 0.15) is 11.9 Å². The summed E-state index contributed by atoms with van der Waals surface area (Å²) in [5.74, 6) is -2.61. The van der Waals surface area contributed by atoms with Gasteiger partial charge in [-0.05, 0) is 18.5 Å². The summed E-state index contributed by atoms with van der Waals surface area (Å²) in [6, 6.07) is -3.71. The van der Waals surface area contributed by atoms with Gasteiger partial charge in [0.05, 0.1) is 21.4 Å². The largest absolute Gasteiger partial charge is 0.381 e. The molecule has 1 atom stereocenters. The lowest BCUT2D eigenvalue weighted by Crippen LogP contribution is -2.52. The number of amides is 3. The number of benzene rings is 2. The van der Waals surface area contributed by atoms with Crippen molar-refractivity contribution in [1.82, 2.24) is 15.1 Å². The van der Waals surface area contributed by atoms with Crippen LogP contribution in [0.25, 0.3) is 0 Å². The number of imide groups is 1. The number of hydrogen-bond acceptors (Lipinski definition) is 6. The van der Waals surface area contributed by atoms with Crippen LogP contribution in [-0.4, -0.2) is 59.9 Å². The van der Waals surface area contributed by atoms with Crippen LogP contribution in [0, 0.1) is 5.82 Å². The van der Waals surface area contributed by atoms with Crippen molar-refractivity contribution < 1.29 is 31.7 Å². The van der Waals surface area contributed by atoms with Gasteiger partial charge >= 0.3 is 0 Å². The Kier molecular flexibility index (Phi) is 4.58. The zero-order valence-electron chi connectivity index (χ0n) is 24.3. The van der Waals surface area contributed by atoms with Crippen molar-refractivity contribution in [3.63, 3.8) is 0 Å². The number of halogens is 1. The summed E-state index contributed by atoms with van der Waals surface area (Å²) in [5.41, 5.74) is -0.225. The van der Waals surface area contributed by atoms with Crippen LogP contribution in [0.15, 0.2) is 36.3 Å². The predicted molar refractivity (Wildman–Crippen MR) is 122 cm³/mol. The van der Waals surface area contributed by atoms with Gasteiger partial charge in [0.2, 0.25) is 11.8 Å². The van der Waals surface area contributed by atoms with Crippen LogP contribution >= 0.6 is 0 Å². The minimum Gasteiger partial charge on any atom is -0.381 e. The summed E-state index contributed by atoms with van der Waals surface area (Å²) < 4.78 is 70.8. The molecule has 3 aliphatic heterocycles. The Balaban J connectivity index is 1.47. The SMILES string of the molecule is [2H]c1c([2H])c(CNc2c([2H])c([2H])c([2H])c3c2CN(C2CCC(=O)NC2=O)C3=O)c(F)c(CN2CCOCC2)c1[2H]. The molecule has 0 aromatic heterocycles. The minimum atomic E-state index is -0.969. The number of piperidine rings is 1. The van der Waals surface area contributed by atoms with E-state index in [0.717, 1.165) is 0 Å². The monoisotopic (exact) mass is 472 g/mol. The Morgan fingerprint density at radius 3 is 2.68 bits per heavy atom. The lowest BCUT2D eigenvalue weighted by molar-refractivity contribution is -0.136. The molecular formula is C25H27FN4O4. The van der Waals surface area contributed by atoms with Gasteiger partial charge in [-0.25, -0.2) is 4.39 Å². The maximum Gasteiger partial charge on any atom is 0.255 e. The molecule has 9 heteroatoms. The van der Waals surface area contributed by atoms with Crippen molar-refractivity contribution in [3.05, 3.63) is 64.3 Å². The van der Waals surface area contributed by atoms with Crippen LogP contribution in [0.1, 0.15) is 48.1 Å². The van der Waals surface area contributed by atoms with Crippen LogP contribution in [0.5, 0.6) is 0 Å². The van der Waals surface area contributed by atoms with Crippen molar-refractivity contribution >= 4 is 23.4 Å². The molecule has 0 spiro atoms. The van der Waals surface area contributed by atoms with Gasteiger partial charge in [-0.1, -0.05) is 24.2 Å². The van der Waals surface area contributed by atoms with Crippen molar-refractivity contribution in [2.45, 2.75) is 38.5 Å². The average molecular weight is 473 g/mol. The van der Waals surface area contributed by atoms with E-state index in [4.69, 9.17) is 13.0 Å². The summed E-state index contributed by atoms with van der Waals surface area (Å²) in [4.78, 5) is 40.4. The third-order valence-corrected chi connectivity index (χ3v) is 6.25. The summed E-state index contributed by atoms with van der Waals surface area (Å²) in [6.45, 7) is 1.48. The maximum absolute atomic E-state index is 15.7. The first-order chi connectivity index (χ1) is 19.0. The first-order valence-corrected chi connectivity index (χ1v) is 11.1. The number of rotatable bonds is 6. The highest BCUT2D eigenvalue weighted by Crippen LogP contribution is 2.32. The fourth-order valence-corrected chi connectivity index (χ4v) is 4.41. The molecule has 34 heavy (non-hydrogen) atoms. The third-order valence-electron chi connectivity index (χ3n) is 6.25. The van der Waals surface area contributed by atoms with Gasteiger partial charge < -0.3 is 15.0 Å². The number of carbonyl (C=O) groups is 3. The molecule has 0 saturated carbocycles. The molecular weight excluding hydrogens is 439 g/mol. The van der Waals surface area contributed by atoms with E-state index in [-0.39, 0.29) is 66.5 Å². The van der Waals surface area contributed by atoms with Crippen LogP contribution < -0.4 is 10.6 Å². The Morgan fingerprint density at radius 1 is 1.12 bits per heavy atom. The van der Waals surface area contributed by atoms with Gasteiger partial charge in [-0.15, -0.1) is 0 Å². The Bertz CT molecular complexity index is 1440. The molecule has 2 saturated heterocycles. The van der Waals surface area contributed by atoms with Crippen molar-refractivity contribution in [1.29, 1.82) is 0 Å². The average Bonchev–Trinajstić information content (AvgIpc) is 3.27. The first-order valence-electron chi connectivity index (χ1n) is 14.1. The summed E-state index contributed by atoms with van der Waals surface area (Å²) in [7, 11) is 0. The van der Waals surface area contributed by atoms with Crippen LogP contribution in [-0.2, 0) is 34.0 Å². The number of anilines is 1. The number of ether oxygens (including phenoxy) is 1. The zero-order valence-corrected chi connectivity index (χ0v) is 18.3. The van der Waals surface area contributed by atoms with E-state index in [0.29, 0.717) is 26.3 Å². The molecule has 3 aliphatic rings. The van der Waals surface area contributed by atoms with E-state index in [9.17, 15) is 14.4 Å². The van der Waals surface area contributed by atoms with Crippen LogP contribution in [0.3, 0.4) is 0 Å². The molecule has 0 bridgehead atoms. The molecule has 178 valence electrons. The van der Waals surface area contributed by atoms with E-state index in [1.807, 2.05) is 4.90 Å². The highest BCUT2D eigenvalue weighted by molar-refractivity contribution is 6.06. The number of hydrogen-bond donors (Lipinski definition) is 2. The summed E-state index contributed by atoms with van der Waals surface area (Å²) in [5, 5.41) is 5.05. The summed E-state index contributed by atoms with van der Waals surface area (Å²) in [6.07, 6.45) is 0.121. The Labute approximate surface area is 205 Å². The number of morpholine rings is 1. The van der Waals surface area contributed by atoms with E-state index in [2.05, 4.69) is 10.6 Å². The van der Waals surface area contributed by atoms with Gasteiger partial charge in [0.25, 0.3) is 5.91 Å². The maximum atomic E-state index is 15.7. The third kappa shape index (κ3) is 4.41. The Morgan fingerprint density at radius 2 is 1.88 bits per heavy atom. The number of nitrogens with one attached hydrogen (secondary N) is 2. The molecule has 0 aliphatic carbocycles. The number of fused-ring (bicyclic) bond motifs is 1. The lowest BCUT2D eigenvalue weighted by Gasteiger charge is -2.29. The van der Waals surface area contributed by atoms with Gasteiger partial charge in [-0.2, -0.15) is 0 Å². The van der Waals surface area contributed by atoms with Gasteiger partial charge in [-0.3, -0.25) is 24.6 Å². The first kappa shape index (κ1) is 16.3. The van der Waals surface area contributed by atoms with Gasteiger partial charge in [0, 0.05) is 67.1 Å². The van der Waals surface area contributed by atoms with Crippen LogP contribution in [0.4, 0.5) is 10.1 Å². The fraction of sp³-hybridized carbons (Fsp3) is 0.400. The highest BCUT2D eigenvalue weighted by atomic mass is 19.1. The molecule has 3 heterocycles. The fourth-order valence-electron chi connectivity index (χ4n) is 4.41. The van der Waals surface area contributed by atoms with Crippen molar-refractivity contribution in [2.75, 3.05) is 31.6 Å². The standard InChI is InChI=1S/C25H27FN4O4/c26-23-16(3-1-4-17(23)14-29-9-11-34-12-10-29)13-27-20-6-2-5-18-19(20)15-30(25(18)33)21-7-8-22(31)28-24(21)32/h1-6,21,27H,7-15H2,(H,28,31,32)/i1D,2D,3D,4D,5D,6D. The van der Waals surface area contributed by atoms with E-state index < -0.39 is 59.8 Å². The number of carbonyl (C=O) groups excluding carboxylic acids is 3. The topological polar surface area (TPSA) is 91.0 Å². The number of nitrogens with zero attached hydrogens (tertiary/aromatic N) is 2. The normalized spacial score (nSPS) is 23.4. The van der Waals surface area contributed by atoms with Crippen molar-refractivity contribution in [2.24, 2.45) is 0 Å².